The maximum Gasteiger partial charge on any atom is 0.269 e. The Labute approximate surface area is 223 Å². The highest BCUT2D eigenvalue weighted by molar-refractivity contribution is 8.26. The summed E-state index contributed by atoms with van der Waals surface area (Å²) in [6.07, 6.45) is 3.81. The lowest BCUT2D eigenvalue weighted by atomic mass is 10.1. The second-order valence-corrected chi connectivity index (χ2v) is 10.0. The van der Waals surface area contributed by atoms with Crippen molar-refractivity contribution in [1.82, 2.24) is 14.3 Å². The third kappa shape index (κ3) is 5.14. The van der Waals surface area contributed by atoms with Gasteiger partial charge in [0.05, 0.1) is 12.0 Å². The highest BCUT2D eigenvalue weighted by atomic mass is 32.2. The molecule has 3 heterocycles. The van der Waals surface area contributed by atoms with E-state index in [9.17, 15) is 9.59 Å². The Morgan fingerprint density at radius 2 is 1.78 bits per heavy atom. The SMILES string of the molecule is COc1ccc(CCN2C(=O)/C(=C\c3c(Oc4ccccc4C)nc4ccccn4c3=O)SC2=S)cc1. The number of hydrogen-bond acceptors (Lipinski definition) is 7. The van der Waals surface area contributed by atoms with Gasteiger partial charge in [0.15, 0.2) is 0 Å². The summed E-state index contributed by atoms with van der Waals surface area (Å²) in [6, 6.07) is 20.5. The van der Waals surface area contributed by atoms with Crippen molar-refractivity contribution in [3.63, 3.8) is 0 Å². The molecule has 0 bridgehead atoms. The molecule has 4 aromatic rings. The average molecular weight is 530 g/mol. The molecule has 1 aliphatic heterocycles. The van der Waals surface area contributed by atoms with Crippen LogP contribution in [-0.2, 0) is 11.2 Å². The normalized spacial score (nSPS) is 14.5. The number of benzene rings is 2. The lowest BCUT2D eigenvalue weighted by Crippen LogP contribution is -2.30. The van der Waals surface area contributed by atoms with Crippen molar-refractivity contribution >= 4 is 45.9 Å². The van der Waals surface area contributed by atoms with Crippen molar-refractivity contribution in [3.05, 3.63) is 105 Å². The number of aryl methyl sites for hydroxylation is 1. The number of ether oxygens (including phenoxy) is 2. The fraction of sp³-hybridized carbons (Fsp3) is 0.143. The predicted octanol–water partition coefficient (Wildman–Crippen LogP) is 5.25. The first kappa shape index (κ1) is 24.7. The fourth-order valence-electron chi connectivity index (χ4n) is 3.92. The van der Waals surface area contributed by atoms with Gasteiger partial charge in [-0.1, -0.05) is 60.4 Å². The van der Waals surface area contributed by atoms with Crippen molar-refractivity contribution in [2.45, 2.75) is 13.3 Å². The van der Waals surface area contributed by atoms with Crippen LogP contribution in [0.15, 0.2) is 82.6 Å². The zero-order valence-corrected chi connectivity index (χ0v) is 21.8. The molecular formula is C28H23N3O4S2. The zero-order chi connectivity index (χ0) is 25.9. The van der Waals surface area contributed by atoms with Gasteiger partial charge in [-0.2, -0.15) is 4.98 Å². The van der Waals surface area contributed by atoms with Gasteiger partial charge in [-0.05, 0) is 60.9 Å². The van der Waals surface area contributed by atoms with Crippen LogP contribution in [0.4, 0.5) is 0 Å². The predicted molar refractivity (Wildman–Crippen MR) is 149 cm³/mol. The first-order valence-electron chi connectivity index (χ1n) is 11.6. The summed E-state index contributed by atoms with van der Waals surface area (Å²) in [5.41, 5.74) is 2.25. The maximum absolute atomic E-state index is 13.5. The van der Waals surface area contributed by atoms with E-state index in [1.165, 1.54) is 22.2 Å². The molecule has 0 radical (unpaired) electrons. The quantitative estimate of drug-likeness (QED) is 0.239. The monoisotopic (exact) mass is 529 g/mol. The van der Waals surface area contributed by atoms with Gasteiger partial charge in [-0.25, -0.2) is 0 Å². The van der Waals surface area contributed by atoms with E-state index < -0.39 is 0 Å². The molecule has 37 heavy (non-hydrogen) atoms. The van der Waals surface area contributed by atoms with Crippen LogP contribution in [0.5, 0.6) is 17.4 Å². The molecule has 0 spiro atoms. The van der Waals surface area contributed by atoms with Crippen molar-refractivity contribution in [2.75, 3.05) is 13.7 Å². The number of aromatic nitrogens is 2. The summed E-state index contributed by atoms with van der Waals surface area (Å²) in [7, 11) is 1.62. The van der Waals surface area contributed by atoms with Gasteiger partial charge in [-0.15, -0.1) is 0 Å². The van der Waals surface area contributed by atoms with Crippen LogP contribution in [0.1, 0.15) is 16.7 Å². The van der Waals surface area contributed by atoms with E-state index >= 15 is 0 Å². The molecule has 1 saturated heterocycles. The smallest absolute Gasteiger partial charge is 0.269 e. The van der Waals surface area contributed by atoms with Gasteiger partial charge in [0.2, 0.25) is 5.88 Å². The van der Waals surface area contributed by atoms with Gasteiger partial charge in [0.1, 0.15) is 27.0 Å². The molecule has 186 valence electrons. The van der Waals surface area contributed by atoms with Crippen LogP contribution in [0.3, 0.4) is 0 Å². The number of carbonyl (C=O) groups is 1. The standard InChI is InChI=1S/C28H23N3O4S2/c1-18-7-3-4-8-22(18)35-25-21(26(32)30-15-6-5-9-24(30)29-25)17-23-27(33)31(28(36)37-23)16-14-19-10-12-20(34-2)13-11-19/h3-13,15,17H,14,16H2,1-2H3/b23-17+. The highest BCUT2D eigenvalue weighted by Gasteiger charge is 2.32. The van der Waals surface area contributed by atoms with E-state index in [1.807, 2.05) is 55.5 Å². The van der Waals surface area contributed by atoms with E-state index in [2.05, 4.69) is 4.98 Å². The summed E-state index contributed by atoms with van der Waals surface area (Å²) in [5, 5.41) is 0. The van der Waals surface area contributed by atoms with Gasteiger partial charge < -0.3 is 9.47 Å². The van der Waals surface area contributed by atoms with E-state index in [0.29, 0.717) is 33.6 Å². The molecule has 0 saturated carbocycles. The Bertz CT molecular complexity index is 1600. The molecule has 7 nitrogen and oxygen atoms in total. The lowest BCUT2D eigenvalue weighted by Gasteiger charge is -2.14. The third-order valence-electron chi connectivity index (χ3n) is 5.97. The molecule has 5 rings (SSSR count). The number of hydrogen-bond donors (Lipinski definition) is 0. The summed E-state index contributed by atoms with van der Waals surface area (Å²) in [6.45, 7) is 2.34. The molecule has 9 heteroatoms. The Morgan fingerprint density at radius 3 is 2.54 bits per heavy atom. The summed E-state index contributed by atoms with van der Waals surface area (Å²) < 4.78 is 13.2. The second kappa shape index (κ2) is 10.6. The molecule has 0 N–H and O–H groups in total. The highest BCUT2D eigenvalue weighted by Crippen LogP contribution is 2.34. The topological polar surface area (TPSA) is 73.1 Å². The molecule has 1 fully saturated rings. The van der Waals surface area contributed by atoms with Crippen molar-refractivity contribution in [1.29, 1.82) is 0 Å². The summed E-state index contributed by atoms with van der Waals surface area (Å²) >= 11 is 6.68. The number of thioether (sulfide) groups is 1. The molecule has 1 aliphatic rings. The Balaban J connectivity index is 1.47. The number of thiocarbonyl (C=S) groups is 1. The van der Waals surface area contributed by atoms with E-state index in [-0.39, 0.29) is 22.9 Å². The largest absolute Gasteiger partial charge is 0.497 e. The summed E-state index contributed by atoms with van der Waals surface area (Å²) in [4.78, 5) is 33.3. The molecule has 0 unspecified atom stereocenters. The Morgan fingerprint density at radius 1 is 1.03 bits per heavy atom. The number of carbonyl (C=O) groups excluding carboxylic acids is 1. The molecule has 2 aromatic carbocycles. The van der Waals surface area contributed by atoms with Crippen LogP contribution in [0, 0.1) is 6.92 Å². The molecule has 2 aromatic heterocycles. The minimum Gasteiger partial charge on any atom is -0.497 e. The van der Waals surface area contributed by atoms with Crippen molar-refractivity contribution < 1.29 is 14.3 Å². The van der Waals surface area contributed by atoms with Crippen molar-refractivity contribution in [2.24, 2.45) is 0 Å². The zero-order valence-electron chi connectivity index (χ0n) is 20.2. The van der Waals surface area contributed by atoms with Crippen molar-refractivity contribution in [3.8, 4) is 17.4 Å². The Kier molecular flexibility index (Phi) is 7.07. The van der Waals surface area contributed by atoms with Crippen LogP contribution in [-0.4, -0.2) is 38.2 Å². The Hall–Kier alpha value is -3.95. The third-order valence-corrected chi connectivity index (χ3v) is 7.34. The van der Waals surface area contributed by atoms with Gasteiger partial charge in [0.25, 0.3) is 11.5 Å². The van der Waals surface area contributed by atoms with Crippen LogP contribution >= 0.6 is 24.0 Å². The van der Waals surface area contributed by atoms with E-state index in [4.69, 9.17) is 21.7 Å². The first-order valence-corrected chi connectivity index (χ1v) is 12.8. The minimum absolute atomic E-state index is 0.133. The molecule has 0 atom stereocenters. The van der Waals surface area contributed by atoms with Crippen LogP contribution in [0.2, 0.25) is 0 Å². The van der Waals surface area contributed by atoms with Crippen LogP contribution in [0.25, 0.3) is 11.7 Å². The minimum atomic E-state index is -0.335. The van der Waals surface area contributed by atoms with Gasteiger partial charge in [0, 0.05) is 12.7 Å². The van der Waals surface area contributed by atoms with Gasteiger partial charge >= 0.3 is 0 Å². The lowest BCUT2D eigenvalue weighted by molar-refractivity contribution is -0.122. The maximum atomic E-state index is 13.5. The summed E-state index contributed by atoms with van der Waals surface area (Å²) in [5.74, 6) is 1.24. The number of fused-ring (bicyclic) bond motifs is 1. The number of pyridine rings is 1. The number of nitrogens with zero attached hydrogens (tertiary/aromatic N) is 3. The molecule has 1 amide bonds. The second-order valence-electron chi connectivity index (χ2n) is 8.36. The van der Waals surface area contributed by atoms with E-state index in [0.717, 1.165) is 16.9 Å². The van der Waals surface area contributed by atoms with Gasteiger partial charge in [-0.3, -0.25) is 18.9 Å². The fourth-order valence-corrected chi connectivity index (χ4v) is 5.21. The molecule has 0 aliphatic carbocycles. The number of rotatable bonds is 7. The number of methoxy groups -OCH3 is 1. The average Bonchev–Trinajstić information content (AvgIpc) is 3.18. The van der Waals surface area contributed by atoms with Crippen LogP contribution < -0.4 is 15.0 Å². The number of amides is 1. The first-order chi connectivity index (χ1) is 17.9. The number of para-hydroxylation sites is 1. The van der Waals surface area contributed by atoms with E-state index in [1.54, 1.807) is 36.4 Å². The molecular weight excluding hydrogens is 506 g/mol.